The van der Waals surface area contributed by atoms with E-state index in [1.165, 1.54) is 5.56 Å². The van der Waals surface area contributed by atoms with E-state index in [1.54, 1.807) is 0 Å². The van der Waals surface area contributed by atoms with Crippen LogP contribution in [-0.4, -0.2) is 0 Å². The first-order valence-corrected chi connectivity index (χ1v) is 6.93. The van der Waals surface area contributed by atoms with Gasteiger partial charge in [-0.3, -0.25) is 0 Å². The van der Waals surface area contributed by atoms with Crippen molar-refractivity contribution in [1.82, 2.24) is 0 Å². The first-order chi connectivity index (χ1) is 7.30. The zero-order valence-electron chi connectivity index (χ0n) is 10.4. The summed E-state index contributed by atoms with van der Waals surface area (Å²) in [6.45, 7) is 9.07. The molecule has 0 nitrogen and oxygen atoms in total. The van der Waals surface area contributed by atoms with Crippen molar-refractivity contribution in [3.8, 4) is 0 Å². The molecule has 0 heterocycles. The molecule has 2 unspecified atom stereocenters. The van der Waals surface area contributed by atoms with Crippen molar-refractivity contribution in [2.24, 2.45) is 11.3 Å². The maximum Gasteiger partial charge on any atom is 0.0588 e. The summed E-state index contributed by atoms with van der Waals surface area (Å²) in [7, 11) is 0. The highest BCUT2D eigenvalue weighted by Gasteiger charge is 2.23. The fourth-order valence-corrected chi connectivity index (χ4v) is 2.15. The molecule has 90 valence electrons. The highest BCUT2D eigenvalue weighted by Crippen LogP contribution is 2.36. The molecule has 1 aromatic rings. The van der Waals surface area contributed by atoms with Crippen LogP contribution in [0.3, 0.4) is 0 Å². The first-order valence-electron chi connectivity index (χ1n) is 5.70. The molecule has 0 N–H and O–H groups in total. The Labute approximate surface area is 113 Å². The van der Waals surface area contributed by atoms with Crippen LogP contribution in [0, 0.1) is 11.3 Å². The third-order valence-corrected chi connectivity index (χ3v) is 4.23. The topological polar surface area (TPSA) is 0 Å². The minimum absolute atomic E-state index is 0.113. The summed E-state index contributed by atoms with van der Waals surface area (Å²) in [5.41, 5.74) is 1.53. The number of hydrogen-bond donors (Lipinski definition) is 0. The van der Waals surface area contributed by atoms with E-state index in [-0.39, 0.29) is 5.38 Å². The van der Waals surface area contributed by atoms with Crippen molar-refractivity contribution in [3.05, 3.63) is 34.3 Å². The van der Waals surface area contributed by atoms with Crippen LogP contribution in [0.4, 0.5) is 0 Å². The lowest BCUT2D eigenvalue weighted by molar-refractivity contribution is 0.245. The molecular weight excluding hydrogens is 284 g/mol. The quantitative estimate of drug-likeness (QED) is 0.619. The third kappa shape index (κ3) is 4.10. The minimum atomic E-state index is 0.113. The molecule has 2 atom stereocenters. The van der Waals surface area contributed by atoms with Crippen LogP contribution in [0.25, 0.3) is 0 Å². The van der Waals surface area contributed by atoms with Gasteiger partial charge in [0.2, 0.25) is 0 Å². The molecule has 0 aliphatic carbocycles. The molecule has 0 bridgehead atoms. The van der Waals surface area contributed by atoms with E-state index in [4.69, 9.17) is 11.6 Å². The largest absolute Gasteiger partial charge is 0.118 e. The predicted molar refractivity (Wildman–Crippen MR) is 76.0 cm³/mol. The second-order valence-electron chi connectivity index (χ2n) is 5.52. The van der Waals surface area contributed by atoms with Crippen LogP contribution < -0.4 is 0 Å². The predicted octanol–water partition coefficient (Wildman–Crippen LogP) is 5.80. The summed E-state index contributed by atoms with van der Waals surface area (Å²) >= 11 is 9.88. The van der Waals surface area contributed by atoms with Gasteiger partial charge in [-0.1, -0.05) is 55.8 Å². The first kappa shape index (κ1) is 14.1. The molecule has 0 aliphatic rings. The normalized spacial score (nSPS) is 15.9. The average molecular weight is 304 g/mol. The molecule has 1 rings (SSSR count). The van der Waals surface area contributed by atoms with Crippen LogP contribution in [0.2, 0.25) is 0 Å². The minimum Gasteiger partial charge on any atom is -0.118 e. The Hall–Kier alpha value is -0.0100. The average Bonchev–Trinajstić information content (AvgIpc) is 2.17. The van der Waals surface area contributed by atoms with E-state index in [2.05, 4.69) is 55.8 Å². The molecule has 1 aromatic carbocycles. The Morgan fingerprint density at radius 3 is 2.12 bits per heavy atom. The monoisotopic (exact) mass is 302 g/mol. The Kier molecular flexibility index (Phi) is 4.88. The van der Waals surface area contributed by atoms with Gasteiger partial charge in [-0.2, -0.15) is 0 Å². The van der Waals surface area contributed by atoms with Crippen molar-refractivity contribution in [2.75, 3.05) is 0 Å². The molecule has 0 saturated heterocycles. The highest BCUT2D eigenvalue weighted by atomic mass is 79.9. The van der Waals surface area contributed by atoms with E-state index in [0.29, 0.717) is 11.3 Å². The lowest BCUT2D eigenvalue weighted by Crippen LogP contribution is -2.18. The number of alkyl halides is 1. The van der Waals surface area contributed by atoms with Crippen molar-refractivity contribution >= 4 is 27.5 Å². The second-order valence-corrected chi connectivity index (χ2v) is 6.96. The molecule has 0 spiro atoms. The Bertz CT molecular complexity index is 324. The van der Waals surface area contributed by atoms with Gasteiger partial charge >= 0.3 is 0 Å². The lowest BCUT2D eigenvalue weighted by Gasteiger charge is -2.29. The standard InChI is InChI=1S/C14H20BrCl/c1-10(14(2,3)4)9-13(16)11-5-7-12(15)8-6-11/h5-8,10,13H,9H2,1-4H3. The van der Waals surface area contributed by atoms with Crippen molar-refractivity contribution in [1.29, 1.82) is 0 Å². The van der Waals surface area contributed by atoms with Gasteiger partial charge in [-0.15, -0.1) is 11.6 Å². The van der Waals surface area contributed by atoms with Gasteiger partial charge in [0.25, 0.3) is 0 Å². The van der Waals surface area contributed by atoms with Gasteiger partial charge in [0.05, 0.1) is 5.38 Å². The molecule has 16 heavy (non-hydrogen) atoms. The van der Waals surface area contributed by atoms with Gasteiger partial charge in [0.1, 0.15) is 0 Å². The number of hydrogen-bond acceptors (Lipinski definition) is 0. The van der Waals surface area contributed by atoms with E-state index in [1.807, 2.05) is 12.1 Å². The van der Waals surface area contributed by atoms with Gasteiger partial charge in [-0.05, 0) is 35.4 Å². The summed E-state index contributed by atoms with van der Waals surface area (Å²) in [4.78, 5) is 0. The maximum atomic E-state index is 6.44. The molecule has 0 fully saturated rings. The van der Waals surface area contributed by atoms with Crippen molar-refractivity contribution < 1.29 is 0 Å². The highest BCUT2D eigenvalue weighted by molar-refractivity contribution is 9.10. The van der Waals surface area contributed by atoms with Crippen LogP contribution in [-0.2, 0) is 0 Å². The molecule has 0 amide bonds. The van der Waals surface area contributed by atoms with Crippen LogP contribution in [0.1, 0.15) is 45.1 Å². The summed E-state index contributed by atoms with van der Waals surface area (Å²) < 4.78 is 1.10. The lowest BCUT2D eigenvalue weighted by atomic mass is 9.79. The second kappa shape index (κ2) is 5.55. The third-order valence-electron chi connectivity index (χ3n) is 3.27. The van der Waals surface area contributed by atoms with Gasteiger partial charge in [0, 0.05) is 4.47 Å². The van der Waals surface area contributed by atoms with Gasteiger partial charge < -0.3 is 0 Å². The smallest absolute Gasteiger partial charge is 0.0588 e. The molecule has 2 heteroatoms. The number of rotatable bonds is 3. The zero-order valence-corrected chi connectivity index (χ0v) is 12.8. The van der Waals surface area contributed by atoms with Crippen LogP contribution >= 0.6 is 27.5 Å². The molecule has 0 radical (unpaired) electrons. The maximum absolute atomic E-state index is 6.44. The van der Waals surface area contributed by atoms with E-state index in [9.17, 15) is 0 Å². The SMILES string of the molecule is CC(CC(Cl)c1ccc(Br)cc1)C(C)(C)C. The van der Waals surface area contributed by atoms with Crippen LogP contribution in [0.15, 0.2) is 28.7 Å². The Morgan fingerprint density at radius 2 is 1.69 bits per heavy atom. The summed E-state index contributed by atoms with van der Waals surface area (Å²) in [6.07, 6.45) is 1.02. The Morgan fingerprint density at radius 1 is 1.19 bits per heavy atom. The fourth-order valence-electron chi connectivity index (χ4n) is 1.47. The molecular formula is C14H20BrCl. The van der Waals surface area contributed by atoms with E-state index < -0.39 is 0 Å². The number of benzene rings is 1. The Balaban J connectivity index is 2.65. The summed E-state index contributed by atoms with van der Waals surface area (Å²) in [5, 5.41) is 0.113. The molecule has 0 aliphatic heterocycles. The summed E-state index contributed by atoms with van der Waals surface area (Å²) in [5.74, 6) is 0.610. The van der Waals surface area contributed by atoms with Gasteiger partial charge in [0.15, 0.2) is 0 Å². The van der Waals surface area contributed by atoms with E-state index >= 15 is 0 Å². The number of halogens is 2. The zero-order chi connectivity index (χ0) is 12.3. The molecule has 0 aromatic heterocycles. The van der Waals surface area contributed by atoms with Crippen molar-refractivity contribution in [3.63, 3.8) is 0 Å². The summed E-state index contributed by atoms with van der Waals surface area (Å²) in [6, 6.07) is 8.28. The van der Waals surface area contributed by atoms with Crippen molar-refractivity contribution in [2.45, 2.75) is 39.5 Å². The molecule has 0 saturated carbocycles. The van der Waals surface area contributed by atoms with Gasteiger partial charge in [-0.25, -0.2) is 0 Å². The van der Waals surface area contributed by atoms with E-state index in [0.717, 1.165) is 10.9 Å². The van der Waals surface area contributed by atoms with Crippen LogP contribution in [0.5, 0.6) is 0 Å². The fraction of sp³-hybridized carbons (Fsp3) is 0.571.